The molecule has 0 aromatic heterocycles. The van der Waals surface area contributed by atoms with Crippen LogP contribution in [0.15, 0.2) is 24.3 Å². The minimum absolute atomic E-state index is 0.573. The van der Waals surface area contributed by atoms with Crippen LogP contribution >= 0.6 is 0 Å². The van der Waals surface area contributed by atoms with Gasteiger partial charge in [-0.1, -0.05) is 38.1 Å². The van der Waals surface area contributed by atoms with Gasteiger partial charge < -0.3 is 10.8 Å². The van der Waals surface area contributed by atoms with E-state index in [0.29, 0.717) is 5.92 Å². The molecule has 0 amide bonds. The summed E-state index contributed by atoms with van der Waals surface area (Å²) in [6, 6.07) is 7.82. The van der Waals surface area contributed by atoms with Crippen molar-refractivity contribution >= 4 is 0 Å². The van der Waals surface area contributed by atoms with Crippen LogP contribution in [-0.4, -0.2) is 5.11 Å². The molecule has 0 aliphatic carbocycles. The van der Waals surface area contributed by atoms with Gasteiger partial charge >= 0.3 is 0 Å². The highest BCUT2D eigenvalue weighted by Gasteiger charge is 2.04. The summed E-state index contributed by atoms with van der Waals surface area (Å²) in [5, 5.41) is 9.09. The van der Waals surface area contributed by atoms with Crippen LogP contribution < -0.4 is 5.73 Å². The quantitative estimate of drug-likeness (QED) is 0.698. The Hall–Kier alpha value is -0.860. The zero-order valence-electron chi connectivity index (χ0n) is 8.20. The molecule has 13 heavy (non-hydrogen) atoms. The predicted molar refractivity (Wildman–Crippen MR) is 54.3 cm³/mol. The minimum Gasteiger partial charge on any atom is -0.375 e. The SMILES string of the molecule is CCC(C)c1ccc(C(N)O)cc1. The average Bonchev–Trinajstić information content (AvgIpc) is 2.17. The first kappa shape index (κ1) is 10.2. The second kappa shape index (κ2) is 4.40. The lowest BCUT2D eigenvalue weighted by atomic mass is 9.97. The maximum absolute atomic E-state index is 9.09. The highest BCUT2D eigenvalue weighted by atomic mass is 16.3. The topological polar surface area (TPSA) is 46.2 Å². The molecule has 2 unspecified atom stereocenters. The van der Waals surface area contributed by atoms with Crippen LogP contribution in [0.2, 0.25) is 0 Å². The van der Waals surface area contributed by atoms with Crippen molar-refractivity contribution in [1.29, 1.82) is 0 Å². The normalized spacial score (nSPS) is 15.4. The van der Waals surface area contributed by atoms with E-state index in [9.17, 15) is 0 Å². The molecule has 1 aromatic rings. The number of benzene rings is 1. The maximum Gasteiger partial charge on any atom is 0.128 e. The molecule has 72 valence electrons. The smallest absolute Gasteiger partial charge is 0.128 e. The van der Waals surface area contributed by atoms with E-state index in [1.54, 1.807) is 0 Å². The number of nitrogens with two attached hydrogens (primary N) is 1. The van der Waals surface area contributed by atoms with E-state index >= 15 is 0 Å². The van der Waals surface area contributed by atoms with Crippen LogP contribution in [0.4, 0.5) is 0 Å². The lowest BCUT2D eigenvalue weighted by Crippen LogP contribution is -2.08. The van der Waals surface area contributed by atoms with Gasteiger partial charge in [0.1, 0.15) is 6.23 Å². The van der Waals surface area contributed by atoms with E-state index in [2.05, 4.69) is 13.8 Å². The predicted octanol–water partition coefficient (Wildman–Crippen LogP) is 2.15. The van der Waals surface area contributed by atoms with E-state index in [4.69, 9.17) is 10.8 Å². The van der Waals surface area contributed by atoms with Gasteiger partial charge in [-0.2, -0.15) is 0 Å². The maximum atomic E-state index is 9.09. The van der Waals surface area contributed by atoms with Crippen molar-refractivity contribution in [1.82, 2.24) is 0 Å². The van der Waals surface area contributed by atoms with Gasteiger partial charge in [-0.3, -0.25) is 0 Å². The molecule has 3 N–H and O–H groups in total. The molecule has 2 atom stereocenters. The van der Waals surface area contributed by atoms with Crippen molar-refractivity contribution in [3.63, 3.8) is 0 Å². The summed E-state index contributed by atoms with van der Waals surface area (Å²) in [7, 11) is 0. The summed E-state index contributed by atoms with van der Waals surface area (Å²) in [6.07, 6.45) is 0.274. The lowest BCUT2D eigenvalue weighted by Gasteiger charge is -2.10. The monoisotopic (exact) mass is 179 g/mol. The molecule has 0 spiro atoms. The minimum atomic E-state index is -0.856. The molecular formula is C11H17NO. The summed E-state index contributed by atoms with van der Waals surface area (Å²) < 4.78 is 0. The fourth-order valence-electron chi connectivity index (χ4n) is 1.26. The third kappa shape index (κ3) is 2.54. The molecule has 0 bridgehead atoms. The standard InChI is InChI=1S/C11H17NO/c1-3-8(2)9-4-6-10(7-5-9)11(12)13/h4-8,11,13H,3,12H2,1-2H3. The first-order valence-electron chi connectivity index (χ1n) is 4.68. The Balaban J connectivity index is 2.81. The number of aliphatic hydroxyl groups excluding tert-OH is 1. The fourth-order valence-corrected chi connectivity index (χ4v) is 1.26. The zero-order valence-corrected chi connectivity index (χ0v) is 8.20. The second-order valence-electron chi connectivity index (χ2n) is 3.42. The van der Waals surface area contributed by atoms with Crippen molar-refractivity contribution in [3.8, 4) is 0 Å². The van der Waals surface area contributed by atoms with Gasteiger partial charge in [0.25, 0.3) is 0 Å². The first-order chi connectivity index (χ1) is 6.15. The van der Waals surface area contributed by atoms with Crippen molar-refractivity contribution in [2.45, 2.75) is 32.4 Å². The van der Waals surface area contributed by atoms with Gasteiger partial charge in [0.05, 0.1) is 0 Å². The molecule has 2 nitrogen and oxygen atoms in total. The molecular weight excluding hydrogens is 162 g/mol. The van der Waals surface area contributed by atoms with E-state index in [0.717, 1.165) is 12.0 Å². The third-order valence-electron chi connectivity index (χ3n) is 2.46. The Morgan fingerprint density at radius 1 is 1.23 bits per heavy atom. The Kier molecular flexibility index (Phi) is 3.46. The van der Waals surface area contributed by atoms with Crippen molar-refractivity contribution < 1.29 is 5.11 Å². The number of aliphatic hydroxyl groups is 1. The van der Waals surface area contributed by atoms with Crippen LogP contribution in [0.25, 0.3) is 0 Å². The molecule has 0 fully saturated rings. The van der Waals surface area contributed by atoms with Crippen LogP contribution in [-0.2, 0) is 0 Å². The van der Waals surface area contributed by atoms with E-state index in [1.807, 2.05) is 24.3 Å². The Morgan fingerprint density at radius 2 is 1.69 bits per heavy atom. The summed E-state index contributed by atoms with van der Waals surface area (Å²) in [5.41, 5.74) is 7.40. The molecule has 0 saturated carbocycles. The number of rotatable bonds is 3. The summed E-state index contributed by atoms with van der Waals surface area (Å²) >= 11 is 0. The van der Waals surface area contributed by atoms with Gasteiger partial charge in [0.15, 0.2) is 0 Å². The average molecular weight is 179 g/mol. The molecule has 2 heteroatoms. The van der Waals surface area contributed by atoms with Crippen molar-refractivity contribution in [3.05, 3.63) is 35.4 Å². The van der Waals surface area contributed by atoms with Gasteiger partial charge in [0.2, 0.25) is 0 Å². The van der Waals surface area contributed by atoms with E-state index < -0.39 is 6.23 Å². The second-order valence-corrected chi connectivity index (χ2v) is 3.42. The largest absolute Gasteiger partial charge is 0.375 e. The molecule has 0 aliphatic heterocycles. The van der Waals surface area contributed by atoms with Crippen LogP contribution in [0, 0.1) is 0 Å². The van der Waals surface area contributed by atoms with Crippen molar-refractivity contribution in [2.75, 3.05) is 0 Å². The molecule has 1 aromatic carbocycles. The van der Waals surface area contributed by atoms with Gasteiger partial charge in [-0.15, -0.1) is 0 Å². The van der Waals surface area contributed by atoms with E-state index in [-0.39, 0.29) is 0 Å². The molecule has 0 heterocycles. The highest BCUT2D eigenvalue weighted by molar-refractivity contribution is 5.25. The molecule has 0 radical (unpaired) electrons. The van der Waals surface area contributed by atoms with Gasteiger partial charge in [-0.25, -0.2) is 0 Å². The number of hydrogen-bond donors (Lipinski definition) is 2. The van der Waals surface area contributed by atoms with Crippen LogP contribution in [0.1, 0.15) is 43.5 Å². The Bertz CT molecular complexity index is 253. The van der Waals surface area contributed by atoms with Gasteiger partial charge in [0, 0.05) is 0 Å². The van der Waals surface area contributed by atoms with Crippen molar-refractivity contribution in [2.24, 2.45) is 5.73 Å². The Morgan fingerprint density at radius 3 is 2.08 bits per heavy atom. The van der Waals surface area contributed by atoms with E-state index in [1.165, 1.54) is 5.56 Å². The molecule has 1 rings (SSSR count). The number of hydrogen-bond acceptors (Lipinski definition) is 2. The summed E-state index contributed by atoms with van der Waals surface area (Å²) in [5.74, 6) is 0.573. The third-order valence-corrected chi connectivity index (χ3v) is 2.46. The molecule has 0 aliphatic rings. The lowest BCUT2D eigenvalue weighted by molar-refractivity contribution is 0.186. The van der Waals surface area contributed by atoms with Crippen LogP contribution in [0.5, 0.6) is 0 Å². The molecule has 0 saturated heterocycles. The first-order valence-corrected chi connectivity index (χ1v) is 4.68. The summed E-state index contributed by atoms with van der Waals surface area (Å²) in [4.78, 5) is 0. The zero-order chi connectivity index (χ0) is 9.84. The van der Waals surface area contributed by atoms with Crippen LogP contribution in [0.3, 0.4) is 0 Å². The summed E-state index contributed by atoms with van der Waals surface area (Å²) in [6.45, 7) is 4.35. The fraction of sp³-hybridized carbons (Fsp3) is 0.455. The van der Waals surface area contributed by atoms with Gasteiger partial charge in [-0.05, 0) is 23.5 Å². The highest BCUT2D eigenvalue weighted by Crippen LogP contribution is 2.19. The Labute approximate surface area is 79.4 Å².